The Bertz CT molecular complexity index is 1360. The minimum absolute atomic E-state index is 0. The zero-order chi connectivity index (χ0) is 29.9. The van der Waals surface area contributed by atoms with Crippen molar-refractivity contribution < 1.29 is 33.7 Å². The van der Waals surface area contributed by atoms with Gasteiger partial charge in [-0.1, -0.05) is 20.8 Å². The molecule has 0 spiro atoms. The molecule has 0 atom stereocenters. The number of Topliss-reactive ketones (excluding diaryl/α,β-unsaturated/α-hetero) is 1. The lowest BCUT2D eigenvalue weighted by molar-refractivity contribution is -0.139. The number of nitrogens with one attached hydrogen (secondary N) is 2. The molecule has 10 nitrogen and oxygen atoms in total. The average Bonchev–Trinajstić information content (AvgIpc) is 3.53. The highest BCUT2D eigenvalue weighted by atomic mass is 79.9. The van der Waals surface area contributed by atoms with E-state index in [0.29, 0.717) is 52.7 Å². The van der Waals surface area contributed by atoms with E-state index < -0.39 is 18.0 Å². The van der Waals surface area contributed by atoms with Crippen molar-refractivity contribution in [3.8, 4) is 17.2 Å². The summed E-state index contributed by atoms with van der Waals surface area (Å²) >= 11 is 0. The fourth-order valence-corrected chi connectivity index (χ4v) is 5.29. The van der Waals surface area contributed by atoms with Crippen LogP contribution in [0.25, 0.3) is 0 Å². The zero-order valence-electron chi connectivity index (χ0n) is 24.8. The zero-order valence-corrected chi connectivity index (χ0v) is 26.5. The van der Waals surface area contributed by atoms with E-state index in [9.17, 15) is 19.5 Å². The van der Waals surface area contributed by atoms with E-state index >= 15 is 0 Å². The normalized spacial score (nSPS) is 14.7. The van der Waals surface area contributed by atoms with Gasteiger partial charge in [0, 0.05) is 30.3 Å². The van der Waals surface area contributed by atoms with Crippen LogP contribution in [0.2, 0.25) is 0 Å². The van der Waals surface area contributed by atoms with Crippen molar-refractivity contribution in [3.05, 3.63) is 52.1 Å². The summed E-state index contributed by atoms with van der Waals surface area (Å²) in [5, 5.41) is 20.7. The number of ketones is 1. The van der Waals surface area contributed by atoms with Gasteiger partial charge in [-0.2, -0.15) is 0 Å². The number of rotatable bonds is 11. The third-order valence-corrected chi connectivity index (χ3v) is 7.36. The Balaban J connectivity index is 0.00000484. The number of aliphatic carboxylic acids is 1. The molecule has 1 aliphatic carbocycles. The first-order valence-corrected chi connectivity index (χ1v) is 14.0. The highest BCUT2D eigenvalue weighted by Crippen LogP contribution is 2.42. The molecule has 1 amide bonds. The molecule has 0 bridgehead atoms. The molecule has 2 aromatic rings. The lowest BCUT2D eigenvalue weighted by atomic mass is 9.84. The van der Waals surface area contributed by atoms with E-state index in [0.717, 1.165) is 31.2 Å². The summed E-state index contributed by atoms with van der Waals surface area (Å²) in [5.74, 6) is -0.330. The number of amides is 1. The third kappa shape index (κ3) is 7.24. The first-order chi connectivity index (χ1) is 19.4. The second-order valence-electron chi connectivity index (χ2n) is 11.5. The second kappa shape index (κ2) is 13.6. The molecule has 1 saturated carbocycles. The summed E-state index contributed by atoms with van der Waals surface area (Å²) < 4.78 is 17.7. The molecule has 4 rings (SSSR count). The Labute approximate surface area is 257 Å². The molecular formula is C31H40BrN3O7. The summed E-state index contributed by atoms with van der Waals surface area (Å²) in [6.45, 7) is 7.86. The van der Waals surface area contributed by atoms with Gasteiger partial charge in [-0.3, -0.25) is 15.0 Å². The number of ether oxygens (including phenoxy) is 3. The van der Waals surface area contributed by atoms with Gasteiger partial charge < -0.3 is 29.5 Å². The number of hydrogen-bond donors (Lipinski definition) is 3. The lowest BCUT2D eigenvalue weighted by Gasteiger charge is -2.27. The van der Waals surface area contributed by atoms with Crippen LogP contribution >= 0.6 is 17.0 Å². The third-order valence-electron chi connectivity index (χ3n) is 7.36. The van der Waals surface area contributed by atoms with Gasteiger partial charge in [-0.05, 0) is 67.9 Å². The Morgan fingerprint density at radius 2 is 1.76 bits per heavy atom. The average molecular weight is 647 g/mol. The monoisotopic (exact) mass is 645 g/mol. The molecule has 228 valence electrons. The molecule has 0 radical (unpaired) electrons. The Kier molecular flexibility index (Phi) is 10.6. The molecular weight excluding hydrogens is 606 g/mol. The van der Waals surface area contributed by atoms with E-state index in [1.165, 1.54) is 7.05 Å². The van der Waals surface area contributed by atoms with Gasteiger partial charge >= 0.3 is 5.97 Å². The van der Waals surface area contributed by atoms with Crippen LogP contribution < -0.4 is 19.5 Å². The quantitative estimate of drug-likeness (QED) is 0.286. The molecule has 0 unspecified atom stereocenters. The van der Waals surface area contributed by atoms with Crippen molar-refractivity contribution in [1.29, 1.82) is 5.41 Å². The number of amidine groups is 1. The van der Waals surface area contributed by atoms with Crippen LogP contribution in [0.5, 0.6) is 17.2 Å². The Hall–Kier alpha value is -3.60. The highest BCUT2D eigenvalue weighted by molar-refractivity contribution is 8.93. The molecule has 0 saturated heterocycles. The summed E-state index contributed by atoms with van der Waals surface area (Å²) in [7, 11) is 1.54. The van der Waals surface area contributed by atoms with Crippen molar-refractivity contribution in [2.75, 3.05) is 26.8 Å². The van der Waals surface area contributed by atoms with E-state index in [4.69, 9.17) is 19.6 Å². The number of benzene rings is 2. The summed E-state index contributed by atoms with van der Waals surface area (Å²) in [6, 6.07) is 6.79. The van der Waals surface area contributed by atoms with Crippen LogP contribution in [0.15, 0.2) is 24.3 Å². The maximum absolute atomic E-state index is 13.7. The fourth-order valence-electron chi connectivity index (χ4n) is 5.29. The van der Waals surface area contributed by atoms with Crippen molar-refractivity contribution in [1.82, 2.24) is 10.2 Å². The van der Waals surface area contributed by atoms with Crippen molar-refractivity contribution in [2.24, 2.45) is 0 Å². The first-order valence-electron chi connectivity index (χ1n) is 14.0. The van der Waals surface area contributed by atoms with Crippen molar-refractivity contribution in [3.63, 3.8) is 0 Å². The minimum atomic E-state index is -1.10. The number of halogens is 1. The van der Waals surface area contributed by atoms with Crippen LogP contribution in [0.1, 0.15) is 90.8 Å². The molecule has 11 heteroatoms. The number of carbonyl (C=O) groups excluding carboxylic acids is 2. The van der Waals surface area contributed by atoms with Gasteiger partial charge in [0.25, 0.3) is 5.91 Å². The van der Waals surface area contributed by atoms with E-state index in [2.05, 4.69) is 5.32 Å². The largest absolute Gasteiger partial charge is 0.493 e. The van der Waals surface area contributed by atoms with E-state index in [-0.39, 0.29) is 47.2 Å². The maximum atomic E-state index is 13.7. The molecule has 1 heterocycles. The molecule has 1 fully saturated rings. The van der Waals surface area contributed by atoms with Crippen LogP contribution in [0.3, 0.4) is 0 Å². The van der Waals surface area contributed by atoms with E-state index in [1.54, 1.807) is 29.2 Å². The van der Waals surface area contributed by atoms with Crippen LogP contribution in [-0.4, -0.2) is 66.4 Å². The number of carboxylic acid groups (broad SMARTS) is 1. The number of carboxylic acids is 1. The number of carbonyl (C=O) groups is 3. The van der Waals surface area contributed by atoms with Crippen molar-refractivity contribution >= 4 is 40.5 Å². The Morgan fingerprint density at radius 3 is 2.36 bits per heavy atom. The number of hydrogen-bond acceptors (Lipinski definition) is 7. The van der Waals surface area contributed by atoms with Gasteiger partial charge in [0.05, 0.1) is 24.8 Å². The van der Waals surface area contributed by atoms with Crippen LogP contribution in [0.4, 0.5) is 0 Å². The van der Waals surface area contributed by atoms with Gasteiger partial charge in [0.1, 0.15) is 11.6 Å². The van der Waals surface area contributed by atoms with Gasteiger partial charge in [-0.15, -0.1) is 17.0 Å². The topological polar surface area (TPSA) is 138 Å². The van der Waals surface area contributed by atoms with Gasteiger partial charge in [0.15, 0.2) is 23.9 Å². The molecule has 2 aromatic carbocycles. The second-order valence-corrected chi connectivity index (χ2v) is 11.5. The van der Waals surface area contributed by atoms with Crippen molar-refractivity contribution in [2.45, 2.75) is 71.4 Å². The molecule has 2 aliphatic rings. The number of fused-ring (bicyclic) bond motifs is 1. The Morgan fingerprint density at radius 1 is 1.07 bits per heavy atom. The van der Waals surface area contributed by atoms with Gasteiger partial charge in [0.2, 0.25) is 0 Å². The SMILES string of the molecule is Br.CCOc1cc2c(cc1C(=O)NC)C(=N)N(CC(=O)c1cc(OC3CCCC3)c(OCC(=O)O)c(C(C)(C)C)c1)C2. The van der Waals surface area contributed by atoms with Crippen LogP contribution in [-0.2, 0) is 16.8 Å². The smallest absolute Gasteiger partial charge is 0.341 e. The predicted molar refractivity (Wildman–Crippen MR) is 164 cm³/mol. The van der Waals surface area contributed by atoms with Gasteiger partial charge in [-0.25, -0.2) is 4.79 Å². The summed E-state index contributed by atoms with van der Waals surface area (Å²) in [6.07, 6.45) is 3.82. The fraction of sp³-hybridized carbons (Fsp3) is 0.484. The highest BCUT2D eigenvalue weighted by Gasteiger charge is 2.31. The summed E-state index contributed by atoms with van der Waals surface area (Å²) in [5.41, 5.74) is 2.33. The molecule has 1 aliphatic heterocycles. The maximum Gasteiger partial charge on any atom is 0.341 e. The minimum Gasteiger partial charge on any atom is -0.493 e. The predicted octanol–water partition coefficient (Wildman–Crippen LogP) is 5.13. The lowest BCUT2D eigenvalue weighted by Crippen LogP contribution is -2.30. The van der Waals surface area contributed by atoms with Crippen LogP contribution in [0, 0.1) is 5.41 Å². The molecule has 3 N–H and O–H groups in total. The summed E-state index contributed by atoms with van der Waals surface area (Å²) in [4.78, 5) is 39.2. The van der Waals surface area contributed by atoms with E-state index in [1.807, 2.05) is 27.7 Å². The molecule has 0 aromatic heterocycles. The molecule has 42 heavy (non-hydrogen) atoms. The number of nitrogens with zero attached hydrogens (tertiary/aromatic N) is 1. The first kappa shape index (κ1) is 32.9. The standard InChI is InChI=1S/C31H39N3O7.BrH/c1-6-39-25-13-19-15-34(29(32)21(19)14-22(25)30(38)33-5)16-24(35)18-11-23(31(2,3)4)28(40-17-27(36)37)26(12-18)41-20-9-7-8-10-20;/h11-14,20,32H,6-10,15-17H2,1-5H3,(H,33,38)(H,36,37);1H.